The third kappa shape index (κ3) is 5.52. The number of hydrogen-bond acceptors (Lipinski definition) is 9. The quantitative estimate of drug-likeness (QED) is 0.615. The van der Waals surface area contributed by atoms with Gasteiger partial charge in [-0.05, 0) is 6.92 Å². The molecule has 29 heavy (non-hydrogen) atoms. The Balaban J connectivity index is 0.00000150. The molecule has 1 aliphatic heterocycles. The fourth-order valence-corrected chi connectivity index (χ4v) is 3.21. The van der Waals surface area contributed by atoms with Gasteiger partial charge in [-0.15, -0.1) is 24.8 Å². The van der Waals surface area contributed by atoms with Gasteiger partial charge >= 0.3 is 0 Å². The van der Waals surface area contributed by atoms with Gasteiger partial charge < -0.3 is 14.8 Å². The second-order valence-corrected chi connectivity index (χ2v) is 6.62. The van der Waals surface area contributed by atoms with Crippen LogP contribution in [0.15, 0.2) is 39.4 Å². The molecule has 0 bridgehead atoms. The zero-order valence-corrected chi connectivity index (χ0v) is 17.7. The Hall–Kier alpha value is -2.04. The highest BCUT2D eigenvalue weighted by molar-refractivity contribution is 5.85. The SMILES string of the molecule is CC(c1nc(-c2ccccc2)no1)N1CCN(Cc2noc(CN)n2)CC1.Cl.Cl. The highest BCUT2D eigenvalue weighted by atomic mass is 35.5. The third-order valence-corrected chi connectivity index (χ3v) is 4.84. The second-order valence-electron chi connectivity index (χ2n) is 6.62. The van der Waals surface area contributed by atoms with Crippen LogP contribution in [-0.2, 0) is 13.1 Å². The van der Waals surface area contributed by atoms with E-state index >= 15 is 0 Å². The van der Waals surface area contributed by atoms with Gasteiger partial charge in [0.15, 0.2) is 5.82 Å². The normalized spacial score (nSPS) is 16.1. The molecule has 0 saturated carbocycles. The molecule has 3 heterocycles. The molecular formula is C18H25Cl2N7O2. The number of nitrogens with zero attached hydrogens (tertiary/aromatic N) is 6. The standard InChI is InChI=1S/C18H23N7O2.2ClH/c1-13(18-21-17(23-27-18)14-5-3-2-4-6-14)25-9-7-24(8-10-25)12-15-20-16(11-19)26-22-15;;/h2-6,13H,7-12,19H2,1H3;2*1H. The highest BCUT2D eigenvalue weighted by Crippen LogP contribution is 2.23. The maximum absolute atomic E-state index is 5.51. The molecule has 0 spiro atoms. The summed E-state index contributed by atoms with van der Waals surface area (Å²) in [5, 5.41) is 8.08. The molecule has 9 nitrogen and oxygen atoms in total. The summed E-state index contributed by atoms with van der Waals surface area (Å²) >= 11 is 0. The number of rotatable bonds is 6. The summed E-state index contributed by atoms with van der Waals surface area (Å²) < 4.78 is 10.6. The number of aromatic nitrogens is 4. The molecule has 1 aromatic carbocycles. The van der Waals surface area contributed by atoms with Crippen LogP contribution in [-0.4, -0.2) is 56.3 Å². The third-order valence-electron chi connectivity index (χ3n) is 4.84. The number of halogens is 2. The van der Waals surface area contributed by atoms with Gasteiger partial charge in [0.25, 0.3) is 0 Å². The Bertz CT molecular complexity index is 866. The zero-order valence-electron chi connectivity index (χ0n) is 16.1. The van der Waals surface area contributed by atoms with Gasteiger partial charge in [0.2, 0.25) is 17.6 Å². The molecule has 2 N–H and O–H groups in total. The van der Waals surface area contributed by atoms with Gasteiger partial charge in [-0.2, -0.15) is 9.97 Å². The minimum atomic E-state index is 0. The van der Waals surface area contributed by atoms with Gasteiger partial charge in [0.05, 0.1) is 19.1 Å². The average Bonchev–Trinajstić information content (AvgIpc) is 3.38. The van der Waals surface area contributed by atoms with E-state index in [4.69, 9.17) is 14.8 Å². The van der Waals surface area contributed by atoms with Crippen molar-refractivity contribution >= 4 is 24.8 Å². The maximum Gasteiger partial charge on any atom is 0.244 e. The van der Waals surface area contributed by atoms with Crippen LogP contribution in [0.2, 0.25) is 0 Å². The first kappa shape index (κ1) is 23.2. The fraction of sp³-hybridized carbons (Fsp3) is 0.444. The molecule has 0 aliphatic carbocycles. The molecule has 1 atom stereocenters. The Morgan fingerprint density at radius 2 is 1.72 bits per heavy atom. The van der Waals surface area contributed by atoms with Crippen molar-refractivity contribution in [3.63, 3.8) is 0 Å². The van der Waals surface area contributed by atoms with Crippen LogP contribution in [0.25, 0.3) is 11.4 Å². The molecule has 4 rings (SSSR count). The largest absolute Gasteiger partial charge is 0.338 e. The van der Waals surface area contributed by atoms with E-state index < -0.39 is 0 Å². The van der Waals surface area contributed by atoms with Gasteiger partial charge in [0, 0.05) is 31.7 Å². The van der Waals surface area contributed by atoms with Crippen molar-refractivity contribution in [3.8, 4) is 11.4 Å². The summed E-state index contributed by atoms with van der Waals surface area (Å²) in [6.45, 7) is 6.69. The lowest BCUT2D eigenvalue weighted by Crippen LogP contribution is -2.46. The minimum absolute atomic E-state index is 0. The predicted molar refractivity (Wildman–Crippen MR) is 112 cm³/mol. The number of hydrogen-bond donors (Lipinski definition) is 1. The van der Waals surface area contributed by atoms with Crippen molar-refractivity contribution < 1.29 is 9.05 Å². The van der Waals surface area contributed by atoms with Crippen molar-refractivity contribution in [2.75, 3.05) is 26.2 Å². The lowest BCUT2D eigenvalue weighted by Gasteiger charge is -2.36. The van der Waals surface area contributed by atoms with E-state index in [0.717, 1.165) is 31.7 Å². The number of piperazine rings is 1. The first-order valence-electron chi connectivity index (χ1n) is 9.10. The van der Waals surface area contributed by atoms with Crippen LogP contribution in [0.5, 0.6) is 0 Å². The van der Waals surface area contributed by atoms with Crippen LogP contribution in [0.1, 0.15) is 30.6 Å². The van der Waals surface area contributed by atoms with Crippen molar-refractivity contribution in [2.45, 2.75) is 26.1 Å². The van der Waals surface area contributed by atoms with E-state index in [2.05, 4.69) is 37.0 Å². The zero-order chi connectivity index (χ0) is 18.6. The van der Waals surface area contributed by atoms with Gasteiger partial charge in [-0.1, -0.05) is 40.6 Å². The lowest BCUT2D eigenvalue weighted by molar-refractivity contribution is 0.0827. The van der Waals surface area contributed by atoms with Gasteiger partial charge in [-0.3, -0.25) is 9.80 Å². The molecule has 1 saturated heterocycles. The molecule has 0 radical (unpaired) electrons. The Morgan fingerprint density at radius 3 is 2.38 bits per heavy atom. The summed E-state index contributed by atoms with van der Waals surface area (Å²) in [5.41, 5.74) is 6.47. The minimum Gasteiger partial charge on any atom is -0.338 e. The molecule has 1 aliphatic rings. The number of benzene rings is 1. The van der Waals surface area contributed by atoms with E-state index in [1.165, 1.54) is 0 Å². The fourth-order valence-electron chi connectivity index (χ4n) is 3.21. The van der Waals surface area contributed by atoms with Crippen LogP contribution in [0.4, 0.5) is 0 Å². The molecule has 1 fully saturated rings. The van der Waals surface area contributed by atoms with Crippen molar-refractivity contribution in [1.82, 2.24) is 30.1 Å². The van der Waals surface area contributed by atoms with Crippen molar-refractivity contribution in [2.24, 2.45) is 5.73 Å². The molecule has 158 valence electrons. The molecule has 0 amide bonds. The van der Waals surface area contributed by atoms with E-state index in [0.29, 0.717) is 30.0 Å². The average molecular weight is 442 g/mol. The van der Waals surface area contributed by atoms with E-state index in [-0.39, 0.29) is 37.4 Å². The summed E-state index contributed by atoms with van der Waals surface area (Å²) in [7, 11) is 0. The molecule has 3 aromatic rings. The number of nitrogens with two attached hydrogens (primary N) is 1. The smallest absolute Gasteiger partial charge is 0.244 e. The predicted octanol–water partition coefficient (Wildman–Crippen LogP) is 2.30. The lowest BCUT2D eigenvalue weighted by atomic mass is 10.2. The summed E-state index contributed by atoms with van der Waals surface area (Å²) in [5.74, 6) is 2.43. The highest BCUT2D eigenvalue weighted by Gasteiger charge is 2.26. The van der Waals surface area contributed by atoms with E-state index in [9.17, 15) is 0 Å². The monoisotopic (exact) mass is 441 g/mol. The first-order valence-corrected chi connectivity index (χ1v) is 9.10. The van der Waals surface area contributed by atoms with E-state index in [1.54, 1.807) is 0 Å². The summed E-state index contributed by atoms with van der Waals surface area (Å²) in [4.78, 5) is 13.5. The molecule has 11 heteroatoms. The first-order chi connectivity index (χ1) is 13.2. The Labute approximate surface area is 181 Å². The Kier molecular flexibility index (Phi) is 8.54. The molecule has 1 unspecified atom stereocenters. The molecule has 2 aromatic heterocycles. The van der Waals surface area contributed by atoms with Crippen LogP contribution in [0, 0.1) is 0 Å². The Morgan fingerprint density at radius 1 is 1.00 bits per heavy atom. The van der Waals surface area contributed by atoms with Crippen LogP contribution in [0.3, 0.4) is 0 Å². The second kappa shape index (κ2) is 10.7. The van der Waals surface area contributed by atoms with Gasteiger partial charge in [-0.25, -0.2) is 0 Å². The maximum atomic E-state index is 5.51. The summed E-state index contributed by atoms with van der Waals surface area (Å²) in [6, 6.07) is 9.93. The van der Waals surface area contributed by atoms with Crippen molar-refractivity contribution in [1.29, 1.82) is 0 Å². The topological polar surface area (TPSA) is 110 Å². The van der Waals surface area contributed by atoms with Crippen LogP contribution >= 0.6 is 24.8 Å². The molecular weight excluding hydrogens is 417 g/mol. The van der Waals surface area contributed by atoms with Gasteiger partial charge in [0.1, 0.15) is 0 Å². The van der Waals surface area contributed by atoms with Crippen molar-refractivity contribution in [3.05, 3.63) is 47.9 Å². The summed E-state index contributed by atoms with van der Waals surface area (Å²) in [6.07, 6.45) is 0. The van der Waals surface area contributed by atoms with Crippen LogP contribution < -0.4 is 5.73 Å². The van der Waals surface area contributed by atoms with E-state index in [1.807, 2.05) is 30.3 Å².